The standard InChI is InChI=1S/C25H37N3O4/c29-24(10-17-32-23-4-2-1-3-5-23)27-13-8-22(9-14-27)25(30)28-11-6-21(7-12-28)20-26-15-18-31-19-16-26/h1-5,21-22H,6-20H2. The van der Waals surface area contributed by atoms with Crippen molar-refractivity contribution < 1.29 is 19.1 Å². The summed E-state index contributed by atoms with van der Waals surface area (Å²) in [5.74, 6) is 1.97. The van der Waals surface area contributed by atoms with Crippen LogP contribution >= 0.6 is 0 Å². The first kappa shape index (κ1) is 23.1. The van der Waals surface area contributed by atoms with Crippen molar-refractivity contribution in [1.82, 2.24) is 14.7 Å². The lowest BCUT2D eigenvalue weighted by molar-refractivity contribution is -0.142. The highest BCUT2D eigenvalue weighted by Crippen LogP contribution is 2.25. The topological polar surface area (TPSA) is 62.3 Å². The maximum absolute atomic E-state index is 13.0. The molecule has 1 aromatic carbocycles. The van der Waals surface area contributed by atoms with Gasteiger partial charge in [-0.3, -0.25) is 14.5 Å². The molecule has 7 nitrogen and oxygen atoms in total. The van der Waals surface area contributed by atoms with E-state index < -0.39 is 0 Å². The quantitative estimate of drug-likeness (QED) is 0.647. The molecule has 32 heavy (non-hydrogen) atoms. The van der Waals surface area contributed by atoms with Crippen LogP contribution in [0.25, 0.3) is 0 Å². The minimum atomic E-state index is 0.0652. The molecule has 3 saturated heterocycles. The van der Waals surface area contributed by atoms with Gasteiger partial charge in [0.05, 0.1) is 26.2 Å². The molecule has 0 spiro atoms. The number of para-hydroxylation sites is 1. The van der Waals surface area contributed by atoms with E-state index in [1.165, 1.54) is 0 Å². The van der Waals surface area contributed by atoms with Crippen LogP contribution in [-0.4, -0.2) is 92.1 Å². The molecule has 0 aromatic heterocycles. The summed E-state index contributed by atoms with van der Waals surface area (Å²) in [5.41, 5.74) is 0. The van der Waals surface area contributed by atoms with Crippen molar-refractivity contribution in [3.63, 3.8) is 0 Å². The number of amides is 2. The van der Waals surface area contributed by atoms with Crippen molar-refractivity contribution in [3.05, 3.63) is 30.3 Å². The van der Waals surface area contributed by atoms with Gasteiger partial charge >= 0.3 is 0 Å². The molecule has 0 atom stereocenters. The Balaban J connectivity index is 1.13. The molecule has 3 aliphatic rings. The molecule has 4 rings (SSSR count). The average molecular weight is 444 g/mol. The van der Waals surface area contributed by atoms with Crippen LogP contribution in [0.4, 0.5) is 0 Å². The van der Waals surface area contributed by atoms with E-state index in [4.69, 9.17) is 9.47 Å². The van der Waals surface area contributed by atoms with Crippen LogP contribution in [0.15, 0.2) is 30.3 Å². The molecule has 3 fully saturated rings. The molecule has 2 amide bonds. The molecular weight excluding hydrogens is 406 g/mol. The minimum Gasteiger partial charge on any atom is -0.493 e. The number of rotatable bonds is 7. The zero-order valence-corrected chi connectivity index (χ0v) is 19.1. The first-order valence-corrected chi connectivity index (χ1v) is 12.2. The second-order valence-corrected chi connectivity index (χ2v) is 9.25. The van der Waals surface area contributed by atoms with Crippen molar-refractivity contribution in [2.24, 2.45) is 11.8 Å². The second-order valence-electron chi connectivity index (χ2n) is 9.25. The second kappa shape index (κ2) is 11.7. The van der Waals surface area contributed by atoms with Gasteiger partial charge in [0, 0.05) is 51.7 Å². The van der Waals surface area contributed by atoms with Crippen LogP contribution in [0.5, 0.6) is 5.75 Å². The zero-order chi connectivity index (χ0) is 22.2. The van der Waals surface area contributed by atoms with E-state index in [2.05, 4.69) is 9.80 Å². The molecule has 0 N–H and O–H groups in total. The summed E-state index contributed by atoms with van der Waals surface area (Å²) in [4.78, 5) is 32.0. The number of carbonyl (C=O) groups excluding carboxylic acids is 2. The van der Waals surface area contributed by atoms with Gasteiger partial charge in [-0.25, -0.2) is 0 Å². The number of hydrogen-bond acceptors (Lipinski definition) is 5. The molecule has 3 heterocycles. The summed E-state index contributed by atoms with van der Waals surface area (Å²) in [6.07, 6.45) is 4.13. The minimum absolute atomic E-state index is 0.0652. The summed E-state index contributed by atoms with van der Waals surface area (Å²) in [7, 11) is 0. The Kier molecular flexibility index (Phi) is 8.40. The Labute approximate surface area is 191 Å². The van der Waals surface area contributed by atoms with Crippen LogP contribution in [-0.2, 0) is 14.3 Å². The fourth-order valence-corrected chi connectivity index (χ4v) is 5.05. The lowest BCUT2D eigenvalue weighted by Gasteiger charge is -2.39. The van der Waals surface area contributed by atoms with Gasteiger partial charge in [0.15, 0.2) is 0 Å². The van der Waals surface area contributed by atoms with E-state index in [0.717, 1.165) is 77.4 Å². The molecule has 7 heteroatoms. The zero-order valence-electron chi connectivity index (χ0n) is 19.1. The highest BCUT2D eigenvalue weighted by Gasteiger charge is 2.32. The smallest absolute Gasteiger partial charge is 0.225 e. The van der Waals surface area contributed by atoms with Crippen molar-refractivity contribution in [2.75, 3.05) is 65.6 Å². The van der Waals surface area contributed by atoms with Crippen molar-refractivity contribution in [2.45, 2.75) is 32.1 Å². The van der Waals surface area contributed by atoms with Crippen molar-refractivity contribution in [3.8, 4) is 5.75 Å². The number of benzene rings is 1. The van der Waals surface area contributed by atoms with Crippen LogP contribution in [0.2, 0.25) is 0 Å². The van der Waals surface area contributed by atoms with Gasteiger partial charge < -0.3 is 19.3 Å². The highest BCUT2D eigenvalue weighted by molar-refractivity contribution is 5.80. The Morgan fingerprint density at radius 3 is 2.22 bits per heavy atom. The van der Waals surface area contributed by atoms with Gasteiger partial charge in [-0.1, -0.05) is 18.2 Å². The van der Waals surface area contributed by atoms with Gasteiger partial charge in [0.1, 0.15) is 5.75 Å². The molecule has 0 saturated carbocycles. The first-order chi connectivity index (χ1) is 15.7. The summed E-state index contributed by atoms with van der Waals surface area (Å²) >= 11 is 0. The Morgan fingerprint density at radius 2 is 1.53 bits per heavy atom. The third-order valence-electron chi connectivity index (χ3n) is 7.07. The molecule has 3 aliphatic heterocycles. The highest BCUT2D eigenvalue weighted by atomic mass is 16.5. The van der Waals surface area contributed by atoms with E-state index in [9.17, 15) is 9.59 Å². The molecule has 0 radical (unpaired) electrons. The number of hydrogen-bond donors (Lipinski definition) is 0. The van der Waals surface area contributed by atoms with Crippen LogP contribution in [0.3, 0.4) is 0 Å². The van der Waals surface area contributed by atoms with Gasteiger partial charge in [-0.15, -0.1) is 0 Å². The van der Waals surface area contributed by atoms with Crippen molar-refractivity contribution >= 4 is 11.8 Å². The van der Waals surface area contributed by atoms with E-state index in [1.807, 2.05) is 35.2 Å². The predicted molar refractivity (Wildman–Crippen MR) is 122 cm³/mol. The summed E-state index contributed by atoms with van der Waals surface area (Å²) < 4.78 is 11.1. The van der Waals surface area contributed by atoms with E-state index in [0.29, 0.717) is 37.9 Å². The first-order valence-electron chi connectivity index (χ1n) is 12.2. The number of piperidine rings is 2. The Bertz CT molecular complexity index is 722. The van der Waals surface area contributed by atoms with Crippen molar-refractivity contribution in [1.29, 1.82) is 0 Å². The van der Waals surface area contributed by atoms with Gasteiger partial charge in [0.2, 0.25) is 11.8 Å². The number of likely N-dealkylation sites (tertiary alicyclic amines) is 2. The summed E-state index contributed by atoms with van der Waals surface area (Å²) in [6, 6.07) is 9.58. The van der Waals surface area contributed by atoms with Crippen LogP contribution < -0.4 is 4.74 Å². The van der Waals surface area contributed by atoms with Crippen LogP contribution in [0, 0.1) is 11.8 Å². The van der Waals surface area contributed by atoms with E-state index >= 15 is 0 Å². The van der Waals surface area contributed by atoms with E-state index in [-0.39, 0.29) is 11.8 Å². The van der Waals surface area contributed by atoms with E-state index in [1.54, 1.807) is 0 Å². The maximum atomic E-state index is 13.0. The largest absolute Gasteiger partial charge is 0.493 e. The average Bonchev–Trinajstić information content (AvgIpc) is 2.85. The lowest BCUT2D eigenvalue weighted by Crippen LogP contribution is -2.48. The molecular formula is C25H37N3O4. The fraction of sp³-hybridized carbons (Fsp3) is 0.680. The number of carbonyl (C=O) groups is 2. The summed E-state index contributed by atoms with van der Waals surface area (Å²) in [6.45, 7) is 8.40. The van der Waals surface area contributed by atoms with Gasteiger partial charge in [-0.2, -0.15) is 0 Å². The predicted octanol–water partition coefficient (Wildman–Crippen LogP) is 2.26. The number of morpholine rings is 1. The number of ether oxygens (including phenoxy) is 2. The van der Waals surface area contributed by atoms with Gasteiger partial charge in [0.25, 0.3) is 0 Å². The Hall–Kier alpha value is -2.12. The lowest BCUT2D eigenvalue weighted by atomic mass is 9.91. The summed E-state index contributed by atoms with van der Waals surface area (Å²) in [5, 5.41) is 0. The number of nitrogens with zero attached hydrogens (tertiary/aromatic N) is 3. The molecule has 0 unspecified atom stereocenters. The normalized spacial score (nSPS) is 21.5. The van der Waals surface area contributed by atoms with Crippen LogP contribution in [0.1, 0.15) is 32.1 Å². The van der Waals surface area contributed by atoms with Gasteiger partial charge in [-0.05, 0) is 43.7 Å². The SMILES string of the molecule is O=C(CCOc1ccccc1)N1CCC(C(=O)N2CCC(CN3CCOCC3)CC2)CC1. The fourth-order valence-electron chi connectivity index (χ4n) is 5.05. The monoisotopic (exact) mass is 443 g/mol. The molecule has 0 aliphatic carbocycles. The molecule has 1 aromatic rings. The Morgan fingerprint density at radius 1 is 0.875 bits per heavy atom. The maximum Gasteiger partial charge on any atom is 0.225 e. The molecule has 176 valence electrons. The molecule has 0 bridgehead atoms. The third kappa shape index (κ3) is 6.45. The third-order valence-corrected chi connectivity index (χ3v) is 7.07.